The highest BCUT2D eigenvalue weighted by Crippen LogP contribution is 2.28. The molecule has 1 aliphatic rings. The zero-order chi connectivity index (χ0) is 21.6. The lowest BCUT2D eigenvalue weighted by Crippen LogP contribution is -2.40. The standard InChI is InChI=1S/C21H26N2O6S/c1-27-18-6-4-3-5-17(18)15-22-21(24)14-16-7-8-19(28-2)20(13-16)30(25,26)23-9-11-29-12-10-23/h3-8,13H,9-12,14-15H2,1-2H3,(H,22,24). The van der Waals surface area contributed by atoms with E-state index in [1.807, 2.05) is 24.3 Å². The summed E-state index contributed by atoms with van der Waals surface area (Å²) in [5, 5.41) is 2.85. The molecule has 0 unspecified atom stereocenters. The number of para-hydroxylation sites is 1. The van der Waals surface area contributed by atoms with Crippen molar-refractivity contribution in [3.63, 3.8) is 0 Å². The van der Waals surface area contributed by atoms with Crippen LogP contribution in [0.2, 0.25) is 0 Å². The second-order valence-electron chi connectivity index (χ2n) is 6.77. The normalized spacial score (nSPS) is 14.9. The topological polar surface area (TPSA) is 94.2 Å². The molecule has 0 bridgehead atoms. The predicted molar refractivity (Wildman–Crippen MR) is 111 cm³/mol. The molecule has 2 aromatic carbocycles. The van der Waals surface area contributed by atoms with Crippen molar-refractivity contribution in [1.29, 1.82) is 0 Å². The third-order valence-corrected chi connectivity index (χ3v) is 6.77. The Kier molecular flexibility index (Phi) is 7.30. The molecule has 162 valence electrons. The summed E-state index contributed by atoms with van der Waals surface area (Å²) in [6.07, 6.45) is 0.0464. The number of nitrogens with zero attached hydrogens (tertiary/aromatic N) is 1. The van der Waals surface area contributed by atoms with Crippen molar-refractivity contribution < 1.29 is 27.4 Å². The van der Waals surface area contributed by atoms with Gasteiger partial charge in [-0.25, -0.2) is 8.42 Å². The van der Waals surface area contributed by atoms with Crippen molar-refractivity contribution in [3.8, 4) is 11.5 Å². The number of rotatable bonds is 8. The summed E-state index contributed by atoms with van der Waals surface area (Å²) >= 11 is 0. The minimum Gasteiger partial charge on any atom is -0.496 e. The number of nitrogens with one attached hydrogen (secondary N) is 1. The maximum Gasteiger partial charge on any atom is 0.246 e. The fraction of sp³-hybridized carbons (Fsp3) is 0.381. The SMILES string of the molecule is COc1ccccc1CNC(=O)Cc1ccc(OC)c(S(=O)(=O)N2CCOCC2)c1. The van der Waals surface area contributed by atoms with Crippen LogP contribution in [-0.2, 0) is 32.5 Å². The maximum atomic E-state index is 13.1. The van der Waals surface area contributed by atoms with Crippen LogP contribution in [-0.4, -0.2) is 59.2 Å². The van der Waals surface area contributed by atoms with Crippen LogP contribution < -0.4 is 14.8 Å². The van der Waals surface area contributed by atoms with E-state index < -0.39 is 10.0 Å². The maximum absolute atomic E-state index is 13.1. The van der Waals surface area contributed by atoms with E-state index in [0.717, 1.165) is 5.56 Å². The Bertz CT molecular complexity index is 987. The number of ether oxygens (including phenoxy) is 3. The summed E-state index contributed by atoms with van der Waals surface area (Å²) in [4.78, 5) is 12.5. The predicted octanol–water partition coefficient (Wildman–Crippen LogP) is 1.58. The molecule has 0 aliphatic carbocycles. The molecule has 1 fully saturated rings. The highest BCUT2D eigenvalue weighted by Gasteiger charge is 2.29. The van der Waals surface area contributed by atoms with Crippen LogP contribution in [0, 0.1) is 0 Å². The summed E-state index contributed by atoms with van der Waals surface area (Å²) < 4.78 is 43.3. The second kappa shape index (κ2) is 9.92. The summed E-state index contributed by atoms with van der Waals surface area (Å²) in [6.45, 7) is 1.60. The third-order valence-electron chi connectivity index (χ3n) is 4.85. The lowest BCUT2D eigenvalue weighted by atomic mass is 10.1. The number of sulfonamides is 1. The van der Waals surface area contributed by atoms with Gasteiger partial charge in [-0.15, -0.1) is 0 Å². The fourth-order valence-corrected chi connectivity index (χ4v) is 4.86. The number of amides is 1. The van der Waals surface area contributed by atoms with E-state index in [-0.39, 0.29) is 36.1 Å². The van der Waals surface area contributed by atoms with Crippen LogP contribution in [0.25, 0.3) is 0 Å². The lowest BCUT2D eigenvalue weighted by Gasteiger charge is -2.26. The van der Waals surface area contributed by atoms with Crippen LogP contribution in [0.15, 0.2) is 47.4 Å². The zero-order valence-corrected chi connectivity index (χ0v) is 17.9. The number of morpholine rings is 1. The number of methoxy groups -OCH3 is 2. The van der Waals surface area contributed by atoms with Crippen LogP contribution >= 0.6 is 0 Å². The molecule has 1 amide bonds. The Balaban J connectivity index is 1.73. The van der Waals surface area contributed by atoms with Gasteiger partial charge in [0.1, 0.15) is 16.4 Å². The van der Waals surface area contributed by atoms with Crippen LogP contribution in [0.4, 0.5) is 0 Å². The average molecular weight is 435 g/mol. The Morgan fingerprint density at radius 3 is 2.47 bits per heavy atom. The third kappa shape index (κ3) is 5.10. The number of hydrogen-bond acceptors (Lipinski definition) is 6. The van der Waals surface area contributed by atoms with Crippen molar-refractivity contribution in [3.05, 3.63) is 53.6 Å². The van der Waals surface area contributed by atoms with E-state index in [2.05, 4.69) is 5.32 Å². The van der Waals surface area contributed by atoms with Crippen molar-refractivity contribution in [2.24, 2.45) is 0 Å². The molecule has 1 heterocycles. The number of benzene rings is 2. The van der Waals surface area contributed by atoms with E-state index in [1.165, 1.54) is 17.5 Å². The van der Waals surface area contributed by atoms with Gasteiger partial charge in [-0.3, -0.25) is 4.79 Å². The number of hydrogen-bond donors (Lipinski definition) is 1. The molecule has 8 nitrogen and oxygen atoms in total. The van der Waals surface area contributed by atoms with Crippen LogP contribution in [0.5, 0.6) is 11.5 Å². The van der Waals surface area contributed by atoms with Crippen LogP contribution in [0.3, 0.4) is 0 Å². The largest absolute Gasteiger partial charge is 0.496 e. The molecular weight excluding hydrogens is 408 g/mol. The van der Waals surface area contributed by atoms with E-state index in [1.54, 1.807) is 19.2 Å². The molecule has 30 heavy (non-hydrogen) atoms. The number of carbonyl (C=O) groups excluding carboxylic acids is 1. The van der Waals surface area contributed by atoms with Crippen LogP contribution in [0.1, 0.15) is 11.1 Å². The first-order chi connectivity index (χ1) is 14.5. The van der Waals surface area contributed by atoms with Gasteiger partial charge in [0, 0.05) is 25.2 Å². The van der Waals surface area contributed by atoms with Gasteiger partial charge in [-0.05, 0) is 23.8 Å². The van der Waals surface area contributed by atoms with Gasteiger partial charge in [0.25, 0.3) is 0 Å². The average Bonchev–Trinajstić information content (AvgIpc) is 2.78. The Morgan fingerprint density at radius 1 is 1.07 bits per heavy atom. The van der Waals surface area contributed by atoms with Gasteiger partial charge in [-0.2, -0.15) is 4.31 Å². The van der Waals surface area contributed by atoms with Gasteiger partial charge in [0.2, 0.25) is 15.9 Å². The van der Waals surface area contributed by atoms with Gasteiger partial charge >= 0.3 is 0 Å². The lowest BCUT2D eigenvalue weighted by molar-refractivity contribution is -0.120. The van der Waals surface area contributed by atoms with Gasteiger partial charge < -0.3 is 19.5 Å². The zero-order valence-electron chi connectivity index (χ0n) is 17.1. The Hall–Kier alpha value is -2.62. The van der Waals surface area contributed by atoms with E-state index in [9.17, 15) is 13.2 Å². The Morgan fingerprint density at radius 2 is 1.77 bits per heavy atom. The molecule has 0 radical (unpaired) electrons. The molecule has 0 saturated carbocycles. The monoisotopic (exact) mass is 434 g/mol. The molecular formula is C21H26N2O6S. The molecule has 0 spiro atoms. The molecule has 2 aromatic rings. The molecule has 1 N–H and O–H groups in total. The smallest absolute Gasteiger partial charge is 0.246 e. The van der Waals surface area contributed by atoms with E-state index in [4.69, 9.17) is 14.2 Å². The first kappa shape index (κ1) is 22.1. The highest BCUT2D eigenvalue weighted by atomic mass is 32.2. The van der Waals surface area contributed by atoms with Crippen molar-refractivity contribution in [2.75, 3.05) is 40.5 Å². The van der Waals surface area contributed by atoms with E-state index >= 15 is 0 Å². The molecule has 3 rings (SSSR count). The van der Waals surface area contributed by atoms with Crippen molar-refractivity contribution in [1.82, 2.24) is 9.62 Å². The first-order valence-corrected chi connectivity index (χ1v) is 11.0. The number of carbonyl (C=O) groups is 1. The minimum atomic E-state index is -3.75. The van der Waals surface area contributed by atoms with Crippen molar-refractivity contribution in [2.45, 2.75) is 17.9 Å². The summed E-state index contributed by atoms with van der Waals surface area (Å²) in [5.74, 6) is 0.724. The Labute approximate surface area is 176 Å². The van der Waals surface area contributed by atoms with Crippen molar-refractivity contribution >= 4 is 15.9 Å². The first-order valence-electron chi connectivity index (χ1n) is 9.59. The molecule has 1 saturated heterocycles. The summed E-state index contributed by atoms with van der Waals surface area (Å²) in [6, 6.07) is 12.2. The quantitative estimate of drug-likeness (QED) is 0.678. The van der Waals surface area contributed by atoms with E-state index in [0.29, 0.717) is 31.1 Å². The van der Waals surface area contributed by atoms with Gasteiger partial charge in [-0.1, -0.05) is 24.3 Å². The summed E-state index contributed by atoms with van der Waals surface area (Å²) in [7, 11) is -0.746. The van der Waals surface area contributed by atoms with Gasteiger partial charge in [0.15, 0.2) is 0 Å². The second-order valence-corrected chi connectivity index (χ2v) is 8.67. The highest BCUT2D eigenvalue weighted by molar-refractivity contribution is 7.89. The molecule has 0 aromatic heterocycles. The minimum absolute atomic E-state index is 0.0464. The van der Waals surface area contributed by atoms with Gasteiger partial charge in [0.05, 0.1) is 33.9 Å². The summed E-state index contributed by atoms with van der Waals surface area (Å²) in [5.41, 5.74) is 1.44. The molecule has 1 aliphatic heterocycles. The molecule has 0 atom stereocenters. The molecule has 9 heteroatoms. The fourth-order valence-electron chi connectivity index (χ4n) is 3.25.